The van der Waals surface area contributed by atoms with Crippen molar-refractivity contribution >= 4 is 5.97 Å². The Morgan fingerprint density at radius 3 is 2.47 bits per heavy atom. The van der Waals surface area contributed by atoms with E-state index in [4.69, 9.17) is 10.5 Å². The van der Waals surface area contributed by atoms with Gasteiger partial charge in [0.2, 0.25) is 0 Å². The van der Waals surface area contributed by atoms with Gasteiger partial charge in [0.15, 0.2) is 0 Å². The van der Waals surface area contributed by atoms with E-state index in [9.17, 15) is 4.79 Å². The van der Waals surface area contributed by atoms with Crippen LogP contribution in [0.2, 0.25) is 0 Å². The largest absolute Gasteiger partial charge is 0.462 e. The molecule has 0 saturated heterocycles. The maximum Gasteiger partial charge on any atom is 0.323 e. The average molecular weight is 215 g/mol. The zero-order valence-corrected chi connectivity index (χ0v) is 10.3. The fourth-order valence-electron chi connectivity index (χ4n) is 1.37. The SMILES string of the molecule is CCCCCCC(C)OC(=O)C(N)CC. The van der Waals surface area contributed by atoms with Crippen molar-refractivity contribution in [1.29, 1.82) is 0 Å². The monoisotopic (exact) mass is 215 g/mol. The molecule has 0 spiro atoms. The summed E-state index contributed by atoms with van der Waals surface area (Å²) >= 11 is 0. The lowest BCUT2D eigenvalue weighted by Crippen LogP contribution is -2.33. The van der Waals surface area contributed by atoms with Crippen molar-refractivity contribution in [3.8, 4) is 0 Å². The van der Waals surface area contributed by atoms with Gasteiger partial charge in [-0.05, 0) is 26.2 Å². The Labute approximate surface area is 93.4 Å². The number of nitrogens with two attached hydrogens (primary N) is 1. The van der Waals surface area contributed by atoms with E-state index in [1.54, 1.807) is 0 Å². The van der Waals surface area contributed by atoms with Gasteiger partial charge in [0.25, 0.3) is 0 Å². The van der Waals surface area contributed by atoms with Gasteiger partial charge < -0.3 is 10.5 Å². The lowest BCUT2D eigenvalue weighted by atomic mass is 10.1. The fourth-order valence-corrected chi connectivity index (χ4v) is 1.37. The maximum absolute atomic E-state index is 11.3. The first-order chi connectivity index (χ1) is 7.11. The molecular weight excluding hydrogens is 190 g/mol. The second-order valence-electron chi connectivity index (χ2n) is 4.11. The molecule has 0 fully saturated rings. The van der Waals surface area contributed by atoms with Crippen LogP contribution in [0.4, 0.5) is 0 Å². The molecule has 0 aromatic heterocycles. The minimum atomic E-state index is -0.455. The summed E-state index contributed by atoms with van der Waals surface area (Å²) < 4.78 is 5.22. The predicted octanol–water partition coefficient (Wildman–Crippen LogP) is 2.63. The number of esters is 1. The number of carbonyl (C=O) groups is 1. The van der Waals surface area contributed by atoms with Crippen molar-refractivity contribution in [1.82, 2.24) is 0 Å². The zero-order chi connectivity index (χ0) is 11.7. The number of hydrogen-bond acceptors (Lipinski definition) is 3. The normalized spacial score (nSPS) is 14.7. The van der Waals surface area contributed by atoms with Crippen LogP contribution in [0, 0.1) is 0 Å². The van der Waals surface area contributed by atoms with Gasteiger partial charge in [-0.2, -0.15) is 0 Å². The van der Waals surface area contributed by atoms with E-state index >= 15 is 0 Å². The standard InChI is InChI=1S/C12H25NO2/c1-4-6-7-8-9-10(3)15-12(14)11(13)5-2/h10-11H,4-9,13H2,1-3H3. The van der Waals surface area contributed by atoms with Crippen LogP contribution < -0.4 is 5.73 Å². The van der Waals surface area contributed by atoms with Gasteiger partial charge in [-0.25, -0.2) is 0 Å². The van der Waals surface area contributed by atoms with Crippen LogP contribution in [0.25, 0.3) is 0 Å². The third-order valence-corrected chi connectivity index (χ3v) is 2.52. The van der Waals surface area contributed by atoms with Crippen molar-refractivity contribution in [3.63, 3.8) is 0 Å². The summed E-state index contributed by atoms with van der Waals surface area (Å²) in [5.41, 5.74) is 5.57. The Balaban J connectivity index is 3.55. The summed E-state index contributed by atoms with van der Waals surface area (Å²) in [6.45, 7) is 6.01. The molecule has 0 aliphatic carbocycles. The van der Waals surface area contributed by atoms with Gasteiger partial charge in [0.1, 0.15) is 6.04 Å². The van der Waals surface area contributed by atoms with Gasteiger partial charge in [-0.3, -0.25) is 4.79 Å². The highest BCUT2D eigenvalue weighted by molar-refractivity contribution is 5.75. The zero-order valence-electron chi connectivity index (χ0n) is 10.3. The van der Waals surface area contributed by atoms with Crippen LogP contribution in [0.1, 0.15) is 59.3 Å². The molecule has 3 heteroatoms. The van der Waals surface area contributed by atoms with Crippen LogP contribution in [0.15, 0.2) is 0 Å². The number of rotatable bonds is 8. The quantitative estimate of drug-likeness (QED) is 0.500. The summed E-state index contributed by atoms with van der Waals surface area (Å²) in [6, 6.07) is -0.455. The molecular formula is C12H25NO2. The highest BCUT2D eigenvalue weighted by Crippen LogP contribution is 2.08. The van der Waals surface area contributed by atoms with Crippen molar-refractivity contribution in [2.24, 2.45) is 5.73 Å². The number of carbonyl (C=O) groups excluding carboxylic acids is 1. The molecule has 2 unspecified atom stereocenters. The van der Waals surface area contributed by atoms with E-state index in [2.05, 4.69) is 6.92 Å². The lowest BCUT2D eigenvalue weighted by molar-refractivity contribution is -0.150. The first-order valence-electron chi connectivity index (χ1n) is 6.07. The first-order valence-corrected chi connectivity index (χ1v) is 6.07. The third-order valence-electron chi connectivity index (χ3n) is 2.52. The van der Waals surface area contributed by atoms with Gasteiger partial charge in [-0.15, -0.1) is 0 Å². The van der Waals surface area contributed by atoms with Gasteiger partial charge in [-0.1, -0.05) is 33.1 Å². The highest BCUT2D eigenvalue weighted by atomic mass is 16.5. The summed E-state index contributed by atoms with van der Waals surface area (Å²) in [6.07, 6.45) is 6.43. The van der Waals surface area contributed by atoms with E-state index in [0.29, 0.717) is 6.42 Å². The molecule has 0 rings (SSSR count). The minimum Gasteiger partial charge on any atom is -0.462 e. The van der Waals surface area contributed by atoms with Gasteiger partial charge >= 0.3 is 5.97 Å². The van der Waals surface area contributed by atoms with E-state index in [1.165, 1.54) is 19.3 Å². The second-order valence-corrected chi connectivity index (χ2v) is 4.11. The molecule has 0 aliphatic heterocycles. The van der Waals surface area contributed by atoms with E-state index in [1.807, 2.05) is 13.8 Å². The molecule has 90 valence electrons. The predicted molar refractivity (Wildman–Crippen MR) is 62.6 cm³/mol. The molecule has 15 heavy (non-hydrogen) atoms. The van der Waals surface area contributed by atoms with Crippen molar-refractivity contribution in [2.75, 3.05) is 0 Å². The topological polar surface area (TPSA) is 52.3 Å². The summed E-state index contributed by atoms with van der Waals surface area (Å²) in [5.74, 6) is -0.263. The summed E-state index contributed by atoms with van der Waals surface area (Å²) in [4.78, 5) is 11.3. The highest BCUT2D eigenvalue weighted by Gasteiger charge is 2.15. The smallest absolute Gasteiger partial charge is 0.323 e. The average Bonchev–Trinajstić information content (AvgIpc) is 2.23. The Kier molecular flexibility index (Phi) is 8.38. The van der Waals surface area contributed by atoms with Crippen molar-refractivity contribution < 1.29 is 9.53 Å². The molecule has 0 bridgehead atoms. The van der Waals surface area contributed by atoms with Crippen LogP contribution in [-0.4, -0.2) is 18.1 Å². The Hall–Kier alpha value is -0.570. The molecule has 0 aromatic rings. The van der Waals surface area contributed by atoms with Crippen molar-refractivity contribution in [3.05, 3.63) is 0 Å². The van der Waals surface area contributed by atoms with Crippen LogP contribution in [-0.2, 0) is 9.53 Å². The molecule has 0 aliphatic rings. The maximum atomic E-state index is 11.3. The Morgan fingerprint density at radius 2 is 1.93 bits per heavy atom. The van der Waals surface area contributed by atoms with Crippen LogP contribution in [0.3, 0.4) is 0 Å². The number of hydrogen-bond donors (Lipinski definition) is 1. The number of ether oxygens (including phenoxy) is 1. The fraction of sp³-hybridized carbons (Fsp3) is 0.917. The van der Waals surface area contributed by atoms with Crippen molar-refractivity contribution in [2.45, 2.75) is 71.4 Å². The summed E-state index contributed by atoms with van der Waals surface area (Å²) in [5, 5.41) is 0. The molecule has 2 atom stereocenters. The molecule has 0 radical (unpaired) electrons. The second kappa shape index (κ2) is 8.72. The number of unbranched alkanes of at least 4 members (excludes halogenated alkanes) is 3. The van der Waals surface area contributed by atoms with E-state index in [-0.39, 0.29) is 12.1 Å². The molecule has 0 saturated carbocycles. The molecule has 0 heterocycles. The summed E-state index contributed by atoms with van der Waals surface area (Å²) in [7, 11) is 0. The van der Waals surface area contributed by atoms with Crippen LogP contribution in [0.5, 0.6) is 0 Å². The van der Waals surface area contributed by atoms with E-state index < -0.39 is 6.04 Å². The Morgan fingerprint density at radius 1 is 1.27 bits per heavy atom. The molecule has 3 nitrogen and oxygen atoms in total. The Bertz CT molecular complexity index is 171. The first kappa shape index (κ1) is 14.4. The third kappa shape index (κ3) is 7.37. The molecule has 2 N–H and O–H groups in total. The minimum absolute atomic E-state index is 0.00644. The van der Waals surface area contributed by atoms with Gasteiger partial charge in [0, 0.05) is 0 Å². The van der Waals surface area contributed by atoms with E-state index in [0.717, 1.165) is 12.8 Å². The van der Waals surface area contributed by atoms with Crippen LogP contribution >= 0.6 is 0 Å². The van der Waals surface area contributed by atoms with Gasteiger partial charge in [0.05, 0.1) is 6.10 Å². The molecule has 0 amide bonds. The molecule has 0 aromatic carbocycles. The lowest BCUT2D eigenvalue weighted by Gasteiger charge is -2.15.